The second-order valence-corrected chi connectivity index (χ2v) is 8.96. The van der Waals surface area contributed by atoms with E-state index in [4.69, 9.17) is 4.74 Å². The molecule has 0 aliphatic carbocycles. The minimum absolute atomic E-state index is 0. The van der Waals surface area contributed by atoms with Gasteiger partial charge in [0.05, 0.1) is 29.8 Å². The zero-order valence-corrected chi connectivity index (χ0v) is 22.4. The highest BCUT2D eigenvalue weighted by Gasteiger charge is 2.41. The SMILES string of the molecule is CN=C(NCCCn1c(C)nc2ccccc21)N1CC2OCCN(Cc3ccccc3)C2C1.I. The van der Waals surface area contributed by atoms with Crippen molar-refractivity contribution in [2.75, 3.05) is 39.8 Å². The maximum Gasteiger partial charge on any atom is 0.193 e. The van der Waals surface area contributed by atoms with Crippen LogP contribution < -0.4 is 5.32 Å². The molecule has 0 spiro atoms. The van der Waals surface area contributed by atoms with Crippen LogP contribution in [0.15, 0.2) is 59.6 Å². The number of nitrogens with zero attached hydrogens (tertiary/aromatic N) is 5. The van der Waals surface area contributed by atoms with Gasteiger partial charge in [0, 0.05) is 46.3 Å². The van der Waals surface area contributed by atoms with Crippen LogP contribution in [0.5, 0.6) is 0 Å². The van der Waals surface area contributed by atoms with Gasteiger partial charge < -0.3 is 19.5 Å². The van der Waals surface area contributed by atoms with Crippen LogP contribution in [0.4, 0.5) is 0 Å². The molecule has 7 nitrogen and oxygen atoms in total. The molecule has 2 atom stereocenters. The van der Waals surface area contributed by atoms with E-state index >= 15 is 0 Å². The van der Waals surface area contributed by atoms with Crippen molar-refractivity contribution in [3.63, 3.8) is 0 Å². The number of rotatable bonds is 6. The number of aromatic nitrogens is 2. The number of morpholine rings is 1. The molecule has 3 heterocycles. The lowest BCUT2D eigenvalue weighted by Crippen LogP contribution is -2.50. The van der Waals surface area contributed by atoms with E-state index in [9.17, 15) is 0 Å². The molecule has 34 heavy (non-hydrogen) atoms. The normalized spacial score (nSPS) is 20.9. The van der Waals surface area contributed by atoms with Crippen LogP contribution in [0, 0.1) is 6.92 Å². The summed E-state index contributed by atoms with van der Waals surface area (Å²) in [5.41, 5.74) is 3.64. The van der Waals surface area contributed by atoms with Crippen molar-refractivity contribution in [1.29, 1.82) is 0 Å². The summed E-state index contributed by atoms with van der Waals surface area (Å²) in [6, 6.07) is 19.5. The van der Waals surface area contributed by atoms with Crippen LogP contribution in [0.2, 0.25) is 0 Å². The molecule has 0 amide bonds. The number of aryl methyl sites for hydroxylation is 2. The van der Waals surface area contributed by atoms with E-state index in [1.807, 2.05) is 13.1 Å². The monoisotopic (exact) mass is 574 g/mol. The third-order valence-electron chi connectivity index (χ3n) is 6.84. The Morgan fingerprint density at radius 2 is 1.91 bits per heavy atom. The molecule has 5 rings (SSSR count). The van der Waals surface area contributed by atoms with Gasteiger partial charge in [-0.05, 0) is 31.0 Å². The third kappa shape index (κ3) is 5.39. The van der Waals surface area contributed by atoms with Gasteiger partial charge >= 0.3 is 0 Å². The van der Waals surface area contributed by atoms with Gasteiger partial charge in [-0.2, -0.15) is 0 Å². The molecule has 0 radical (unpaired) electrons. The Hall–Kier alpha value is -2.17. The Morgan fingerprint density at radius 3 is 2.74 bits per heavy atom. The van der Waals surface area contributed by atoms with E-state index < -0.39 is 0 Å². The minimum atomic E-state index is 0. The molecule has 8 heteroatoms. The first-order valence-corrected chi connectivity index (χ1v) is 12.0. The lowest BCUT2D eigenvalue weighted by molar-refractivity contribution is -0.0502. The van der Waals surface area contributed by atoms with Crippen molar-refractivity contribution in [2.24, 2.45) is 4.99 Å². The largest absolute Gasteiger partial charge is 0.373 e. The van der Waals surface area contributed by atoms with Gasteiger partial charge in [-0.3, -0.25) is 9.89 Å². The predicted molar refractivity (Wildman–Crippen MR) is 148 cm³/mol. The summed E-state index contributed by atoms with van der Waals surface area (Å²) in [4.78, 5) is 14.2. The lowest BCUT2D eigenvalue weighted by atomic mass is 10.1. The highest BCUT2D eigenvalue weighted by Crippen LogP contribution is 2.24. The maximum absolute atomic E-state index is 6.15. The van der Waals surface area contributed by atoms with Crippen LogP contribution in [-0.2, 0) is 17.8 Å². The average Bonchev–Trinajstić information content (AvgIpc) is 3.41. The van der Waals surface area contributed by atoms with E-state index in [0.29, 0.717) is 6.04 Å². The zero-order valence-electron chi connectivity index (χ0n) is 20.1. The van der Waals surface area contributed by atoms with Crippen molar-refractivity contribution in [3.8, 4) is 0 Å². The van der Waals surface area contributed by atoms with Crippen LogP contribution in [0.25, 0.3) is 11.0 Å². The smallest absolute Gasteiger partial charge is 0.193 e. The van der Waals surface area contributed by atoms with Crippen molar-refractivity contribution < 1.29 is 4.74 Å². The molecule has 2 aliphatic rings. The van der Waals surface area contributed by atoms with E-state index in [1.54, 1.807) is 0 Å². The highest BCUT2D eigenvalue weighted by molar-refractivity contribution is 14.0. The summed E-state index contributed by atoms with van der Waals surface area (Å²) in [6.07, 6.45) is 1.25. The molecule has 2 unspecified atom stereocenters. The number of benzene rings is 2. The predicted octanol–water partition coefficient (Wildman–Crippen LogP) is 3.51. The number of likely N-dealkylation sites (tertiary alicyclic amines) is 1. The third-order valence-corrected chi connectivity index (χ3v) is 6.84. The standard InChI is InChI=1S/C26H34N6O.HI/c1-20-29-22-11-6-7-12-23(22)32(20)14-8-13-28-26(27-2)31-18-24-25(19-31)33-16-15-30(24)17-21-9-4-3-5-10-21;/h3-7,9-12,24-25H,8,13-19H2,1-2H3,(H,27,28);1H. The lowest BCUT2D eigenvalue weighted by Gasteiger charge is -2.36. The molecule has 1 aromatic heterocycles. The summed E-state index contributed by atoms with van der Waals surface area (Å²) in [7, 11) is 1.88. The number of ether oxygens (including phenoxy) is 1. The summed E-state index contributed by atoms with van der Waals surface area (Å²) < 4.78 is 8.45. The number of hydrogen-bond acceptors (Lipinski definition) is 4. The molecule has 0 saturated carbocycles. The van der Waals surface area contributed by atoms with Gasteiger partial charge in [-0.15, -0.1) is 24.0 Å². The van der Waals surface area contributed by atoms with E-state index in [-0.39, 0.29) is 30.1 Å². The Kier molecular flexibility index (Phi) is 8.44. The summed E-state index contributed by atoms with van der Waals surface area (Å²) >= 11 is 0. The van der Waals surface area contributed by atoms with Gasteiger partial charge in [-0.1, -0.05) is 42.5 Å². The maximum atomic E-state index is 6.15. The molecule has 2 saturated heterocycles. The van der Waals surface area contributed by atoms with E-state index in [1.165, 1.54) is 11.1 Å². The number of hydrogen-bond donors (Lipinski definition) is 1. The Labute approximate surface area is 219 Å². The van der Waals surface area contributed by atoms with Crippen LogP contribution in [0.3, 0.4) is 0 Å². The first kappa shape index (κ1) is 24.9. The summed E-state index contributed by atoms with van der Waals surface area (Å²) in [5.74, 6) is 2.04. The second kappa shape index (κ2) is 11.5. The Bertz CT molecular complexity index is 1100. The van der Waals surface area contributed by atoms with Crippen LogP contribution >= 0.6 is 24.0 Å². The fourth-order valence-corrected chi connectivity index (χ4v) is 5.19. The van der Waals surface area contributed by atoms with Crippen molar-refractivity contribution in [1.82, 2.24) is 24.7 Å². The second-order valence-electron chi connectivity index (χ2n) is 8.96. The number of nitrogens with one attached hydrogen (secondary N) is 1. The quantitative estimate of drug-likeness (QED) is 0.212. The number of guanidine groups is 1. The molecule has 0 bridgehead atoms. The first-order chi connectivity index (χ1) is 16.2. The molecule has 2 aliphatic heterocycles. The van der Waals surface area contributed by atoms with Gasteiger partial charge in [0.25, 0.3) is 0 Å². The fourth-order valence-electron chi connectivity index (χ4n) is 5.19. The average molecular weight is 575 g/mol. The molecule has 2 aromatic carbocycles. The number of aliphatic imine (C=N–C) groups is 1. The van der Waals surface area contributed by atoms with Crippen LogP contribution in [0.1, 0.15) is 17.8 Å². The van der Waals surface area contributed by atoms with Crippen molar-refractivity contribution in [3.05, 3.63) is 66.0 Å². The Balaban J connectivity index is 0.00000274. The number of fused-ring (bicyclic) bond motifs is 2. The molecule has 3 aromatic rings. The molecular weight excluding hydrogens is 539 g/mol. The van der Waals surface area contributed by atoms with Gasteiger partial charge in [0.15, 0.2) is 5.96 Å². The fraction of sp³-hybridized carbons (Fsp3) is 0.462. The summed E-state index contributed by atoms with van der Waals surface area (Å²) in [6.45, 7) is 8.49. The number of imidazole rings is 1. The van der Waals surface area contributed by atoms with E-state index in [2.05, 4.69) is 85.1 Å². The first-order valence-electron chi connectivity index (χ1n) is 12.0. The Morgan fingerprint density at radius 1 is 1.12 bits per heavy atom. The molecule has 2 fully saturated rings. The molecular formula is C26H35IN6O. The van der Waals surface area contributed by atoms with Crippen molar-refractivity contribution >= 4 is 41.0 Å². The molecule has 182 valence electrons. The topological polar surface area (TPSA) is 57.9 Å². The molecule has 1 N–H and O–H groups in total. The number of halogens is 1. The van der Waals surface area contributed by atoms with Gasteiger partial charge in [0.1, 0.15) is 5.82 Å². The van der Waals surface area contributed by atoms with Crippen molar-refractivity contribution in [2.45, 2.75) is 38.6 Å². The van der Waals surface area contributed by atoms with Crippen LogP contribution in [-0.4, -0.2) is 77.3 Å². The highest BCUT2D eigenvalue weighted by atomic mass is 127. The van der Waals surface area contributed by atoms with E-state index in [0.717, 1.165) is 69.6 Å². The van der Waals surface area contributed by atoms with Gasteiger partial charge in [-0.25, -0.2) is 4.98 Å². The summed E-state index contributed by atoms with van der Waals surface area (Å²) in [5, 5.41) is 3.58. The zero-order chi connectivity index (χ0) is 22.6. The minimum Gasteiger partial charge on any atom is -0.373 e. The van der Waals surface area contributed by atoms with Gasteiger partial charge in [0.2, 0.25) is 0 Å². The number of para-hydroxylation sites is 2.